The number of benzene rings is 3. The van der Waals surface area contributed by atoms with Crippen LogP contribution in [-0.2, 0) is 0 Å². The Kier molecular flexibility index (Phi) is 3.73. The summed E-state index contributed by atoms with van der Waals surface area (Å²) in [5, 5.41) is 2.41. The second-order valence-electron chi connectivity index (χ2n) is 6.32. The molecule has 0 aliphatic carbocycles. The molecule has 0 amide bonds. The van der Waals surface area contributed by atoms with Crippen molar-refractivity contribution >= 4 is 16.6 Å². The normalized spacial score (nSPS) is 11.0. The van der Waals surface area contributed by atoms with Gasteiger partial charge < -0.3 is 4.57 Å². The van der Waals surface area contributed by atoms with E-state index in [1.165, 1.54) is 10.8 Å². The van der Waals surface area contributed by atoms with Crippen LogP contribution in [-0.4, -0.2) is 10.4 Å². The molecule has 1 heterocycles. The van der Waals surface area contributed by atoms with E-state index in [1.54, 1.807) is 6.92 Å². The van der Waals surface area contributed by atoms with Crippen molar-refractivity contribution in [3.05, 3.63) is 90.1 Å². The quantitative estimate of drug-likeness (QED) is 0.436. The van der Waals surface area contributed by atoms with Crippen LogP contribution >= 0.6 is 0 Å². The molecule has 25 heavy (non-hydrogen) atoms. The highest BCUT2D eigenvalue weighted by Crippen LogP contribution is 2.31. The van der Waals surface area contributed by atoms with Gasteiger partial charge >= 0.3 is 0 Å². The van der Waals surface area contributed by atoms with Gasteiger partial charge in [0.25, 0.3) is 0 Å². The molecule has 0 aliphatic heterocycles. The molecule has 1 aromatic heterocycles. The molecule has 0 spiro atoms. The third-order valence-electron chi connectivity index (χ3n) is 4.69. The summed E-state index contributed by atoms with van der Waals surface area (Å²) in [6.07, 6.45) is 0. The first kappa shape index (κ1) is 15.4. The predicted molar refractivity (Wildman–Crippen MR) is 103 cm³/mol. The van der Waals surface area contributed by atoms with Crippen molar-refractivity contribution in [1.82, 2.24) is 4.57 Å². The highest BCUT2D eigenvalue weighted by molar-refractivity contribution is 5.97. The lowest BCUT2D eigenvalue weighted by Crippen LogP contribution is -2.01. The Morgan fingerprint density at radius 2 is 1.48 bits per heavy atom. The third kappa shape index (κ3) is 2.66. The molecule has 0 saturated heterocycles. The lowest BCUT2D eigenvalue weighted by atomic mass is 10.0. The number of ketones is 1. The summed E-state index contributed by atoms with van der Waals surface area (Å²) in [5.41, 5.74) is 4.96. The van der Waals surface area contributed by atoms with Crippen LogP contribution < -0.4 is 0 Å². The van der Waals surface area contributed by atoms with Crippen LogP contribution in [0, 0.1) is 6.92 Å². The number of Topliss-reactive ketones (excluding diaryl/α,β-unsaturated/α-hetero) is 1. The zero-order valence-electron chi connectivity index (χ0n) is 14.4. The highest BCUT2D eigenvalue weighted by atomic mass is 16.1. The first-order valence-electron chi connectivity index (χ1n) is 8.43. The predicted octanol–water partition coefficient (Wildman–Crippen LogP) is 5.81. The van der Waals surface area contributed by atoms with Crippen molar-refractivity contribution in [3.63, 3.8) is 0 Å². The van der Waals surface area contributed by atoms with Crippen LogP contribution in [0.25, 0.3) is 27.7 Å². The van der Waals surface area contributed by atoms with Gasteiger partial charge in [-0.2, -0.15) is 0 Å². The van der Waals surface area contributed by atoms with E-state index >= 15 is 0 Å². The van der Waals surface area contributed by atoms with Gasteiger partial charge in [0, 0.05) is 16.9 Å². The van der Waals surface area contributed by atoms with Gasteiger partial charge in [-0.1, -0.05) is 54.6 Å². The lowest BCUT2D eigenvalue weighted by molar-refractivity contribution is 0.101. The summed E-state index contributed by atoms with van der Waals surface area (Å²) in [6, 6.07) is 27.0. The number of para-hydroxylation sites is 1. The van der Waals surface area contributed by atoms with E-state index in [0.717, 1.165) is 28.2 Å². The number of rotatable bonds is 3. The molecule has 2 nitrogen and oxygen atoms in total. The maximum atomic E-state index is 12.1. The number of nitrogens with zero attached hydrogens (tertiary/aromatic N) is 1. The summed E-state index contributed by atoms with van der Waals surface area (Å²) >= 11 is 0. The fraction of sp³-hybridized carbons (Fsp3) is 0.0870. The van der Waals surface area contributed by atoms with Crippen LogP contribution in [0.2, 0.25) is 0 Å². The van der Waals surface area contributed by atoms with Gasteiger partial charge in [-0.15, -0.1) is 0 Å². The second-order valence-corrected chi connectivity index (χ2v) is 6.32. The van der Waals surface area contributed by atoms with Crippen LogP contribution in [0.3, 0.4) is 0 Å². The largest absolute Gasteiger partial charge is 0.313 e. The number of hydrogen-bond donors (Lipinski definition) is 0. The van der Waals surface area contributed by atoms with Crippen molar-refractivity contribution in [3.8, 4) is 16.9 Å². The molecule has 0 radical (unpaired) electrons. The van der Waals surface area contributed by atoms with Crippen molar-refractivity contribution in [2.45, 2.75) is 13.8 Å². The van der Waals surface area contributed by atoms with Gasteiger partial charge in [-0.25, -0.2) is 0 Å². The fourth-order valence-corrected chi connectivity index (χ4v) is 3.43. The average molecular weight is 325 g/mol. The first-order valence-corrected chi connectivity index (χ1v) is 8.43. The van der Waals surface area contributed by atoms with Crippen LogP contribution in [0.5, 0.6) is 0 Å². The van der Waals surface area contributed by atoms with Crippen molar-refractivity contribution in [2.75, 3.05) is 0 Å². The van der Waals surface area contributed by atoms with E-state index in [0.29, 0.717) is 0 Å². The van der Waals surface area contributed by atoms with E-state index in [4.69, 9.17) is 0 Å². The van der Waals surface area contributed by atoms with Gasteiger partial charge in [0.05, 0.1) is 5.69 Å². The average Bonchev–Trinajstić information content (AvgIpc) is 2.99. The molecule has 2 heteroatoms. The number of carbonyl (C=O) groups is 1. The third-order valence-corrected chi connectivity index (χ3v) is 4.69. The summed E-state index contributed by atoms with van der Waals surface area (Å²) in [7, 11) is 0. The minimum atomic E-state index is 0.0919. The molecule has 0 atom stereocenters. The molecule has 0 saturated carbocycles. The highest BCUT2D eigenvalue weighted by Gasteiger charge is 2.17. The van der Waals surface area contributed by atoms with Crippen molar-refractivity contribution in [1.29, 1.82) is 0 Å². The van der Waals surface area contributed by atoms with Gasteiger partial charge in [-0.05, 0) is 54.4 Å². The van der Waals surface area contributed by atoms with Crippen LogP contribution in [0.1, 0.15) is 23.0 Å². The summed E-state index contributed by atoms with van der Waals surface area (Å²) in [5.74, 6) is 0.0919. The Balaban J connectivity index is 1.99. The fourth-order valence-electron chi connectivity index (χ4n) is 3.43. The van der Waals surface area contributed by atoms with Gasteiger partial charge in [0.15, 0.2) is 5.78 Å². The Bertz CT molecular complexity index is 1070. The number of carbonyl (C=O) groups excluding carboxylic acids is 1. The Hall–Kier alpha value is -3.13. The summed E-state index contributed by atoms with van der Waals surface area (Å²) in [6.45, 7) is 3.64. The van der Waals surface area contributed by atoms with Crippen LogP contribution in [0.4, 0.5) is 0 Å². The zero-order chi connectivity index (χ0) is 17.4. The maximum Gasteiger partial charge on any atom is 0.161 e. The molecule has 0 unspecified atom stereocenters. The zero-order valence-corrected chi connectivity index (χ0v) is 14.4. The summed E-state index contributed by atoms with van der Waals surface area (Å²) < 4.78 is 2.17. The maximum absolute atomic E-state index is 12.1. The summed E-state index contributed by atoms with van der Waals surface area (Å²) in [4.78, 5) is 12.1. The monoisotopic (exact) mass is 325 g/mol. The molecule has 0 N–H and O–H groups in total. The van der Waals surface area contributed by atoms with E-state index in [1.807, 2.05) is 37.3 Å². The van der Waals surface area contributed by atoms with Gasteiger partial charge in [0.2, 0.25) is 0 Å². The number of aromatic nitrogens is 1. The SMILES string of the molecule is CC(=O)c1cc(-c2ccc3ccccc3c2)n(-c2ccccc2)c1C. The van der Waals surface area contributed by atoms with Gasteiger partial charge in [-0.3, -0.25) is 4.79 Å². The smallest absolute Gasteiger partial charge is 0.161 e. The van der Waals surface area contributed by atoms with Crippen LogP contribution in [0.15, 0.2) is 78.9 Å². The van der Waals surface area contributed by atoms with Crippen molar-refractivity contribution in [2.24, 2.45) is 0 Å². The number of fused-ring (bicyclic) bond motifs is 1. The molecule has 0 bridgehead atoms. The standard InChI is InChI=1S/C23H19NO/c1-16-22(17(2)25)15-23(24(16)21-10-4-3-5-11-21)20-13-12-18-8-6-7-9-19(18)14-20/h3-15H,1-2H3. The lowest BCUT2D eigenvalue weighted by Gasteiger charge is -2.13. The van der Waals surface area contributed by atoms with Gasteiger partial charge in [0.1, 0.15) is 0 Å². The molecular weight excluding hydrogens is 306 g/mol. The number of hydrogen-bond acceptors (Lipinski definition) is 1. The molecule has 4 aromatic rings. The Morgan fingerprint density at radius 3 is 2.20 bits per heavy atom. The van der Waals surface area contributed by atoms with E-state index < -0.39 is 0 Å². The van der Waals surface area contributed by atoms with E-state index in [9.17, 15) is 4.79 Å². The Morgan fingerprint density at radius 1 is 0.800 bits per heavy atom. The molecular formula is C23H19NO. The first-order chi connectivity index (χ1) is 12.1. The molecule has 4 rings (SSSR count). The van der Waals surface area contributed by atoms with Crippen molar-refractivity contribution < 1.29 is 4.79 Å². The topological polar surface area (TPSA) is 22.0 Å². The second kappa shape index (κ2) is 6.06. The minimum Gasteiger partial charge on any atom is -0.313 e. The minimum absolute atomic E-state index is 0.0919. The molecule has 0 fully saturated rings. The Labute approximate surface area is 147 Å². The van der Waals surface area contributed by atoms with E-state index in [-0.39, 0.29) is 5.78 Å². The van der Waals surface area contributed by atoms with E-state index in [2.05, 4.69) is 53.1 Å². The molecule has 0 aliphatic rings. The molecule has 122 valence electrons. The molecule has 3 aromatic carbocycles.